The standard InChI is InChI=1S/C24H40N2O2SSi/c1-10-12-23(30(18(3)4,19(5)6)20(7)8)24(25-17-11-2)26-29(27,28)22-15-13-21(9)14-16-22/h10-11,13-16,18-20,23H,1-2,12,17H2,3-9H3,(H,25,26). The molecule has 1 unspecified atom stereocenters. The van der Waals surface area contributed by atoms with Crippen molar-refractivity contribution >= 4 is 23.9 Å². The fourth-order valence-corrected chi connectivity index (χ4v) is 14.0. The van der Waals surface area contributed by atoms with Gasteiger partial charge in [0.15, 0.2) is 0 Å². The van der Waals surface area contributed by atoms with Crippen molar-refractivity contribution < 1.29 is 8.42 Å². The van der Waals surface area contributed by atoms with Crippen LogP contribution in [-0.4, -0.2) is 28.9 Å². The monoisotopic (exact) mass is 448 g/mol. The van der Waals surface area contributed by atoms with Gasteiger partial charge in [0.05, 0.1) is 19.5 Å². The van der Waals surface area contributed by atoms with Crippen LogP contribution < -0.4 is 4.72 Å². The third kappa shape index (κ3) is 5.73. The van der Waals surface area contributed by atoms with Crippen molar-refractivity contribution in [1.82, 2.24) is 4.72 Å². The fourth-order valence-electron chi connectivity index (χ4n) is 5.22. The zero-order chi connectivity index (χ0) is 23.1. The van der Waals surface area contributed by atoms with Gasteiger partial charge in [-0.2, -0.15) is 0 Å². The Morgan fingerprint density at radius 3 is 1.90 bits per heavy atom. The molecule has 0 aliphatic heterocycles. The topological polar surface area (TPSA) is 58.5 Å². The van der Waals surface area contributed by atoms with Crippen LogP contribution in [0.1, 0.15) is 53.5 Å². The lowest BCUT2D eigenvalue weighted by molar-refractivity contribution is 0.591. The lowest BCUT2D eigenvalue weighted by atomic mass is 10.2. The Hall–Kier alpha value is -1.66. The first kappa shape index (κ1) is 26.4. The van der Waals surface area contributed by atoms with Crippen LogP contribution in [0.3, 0.4) is 0 Å². The van der Waals surface area contributed by atoms with Gasteiger partial charge < -0.3 is 0 Å². The molecule has 0 fully saturated rings. The normalized spacial score (nSPS) is 14.3. The molecule has 30 heavy (non-hydrogen) atoms. The van der Waals surface area contributed by atoms with E-state index in [-0.39, 0.29) is 10.4 Å². The Bertz CT molecular complexity index is 819. The highest BCUT2D eigenvalue weighted by molar-refractivity contribution is 7.90. The summed E-state index contributed by atoms with van der Waals surface area (Å²) in [6.07, 6.45) is 4.31. The van der Waals surface area contributed by atoms with E-state index in [0.29, 0.717) is 35.4 Å². The molecule has 1 N–H and O–H groups in total. The number of aryl methyl sites for hydroxylation is 1. The minimum Gasteiger partial charge on any atom is -0.268 e. The molecule has 0 saturated carbocycles. The number of allylic oxidation sites excluding steroid dienone is 1. The molecule has 0 bridgehead atoms. The molecule has 0 aromatic heterocycles. The van der Waals surface area contributed by atoms with Crippen LogP contribution in [-0.2, 0) is 10.0 Å². The minimum atomic E-state index is -3.73. The van der Waals surface area contributed by atoms with E-state index < -0.39 is 18.1 Å². The smallest absolute Gasteiger partial charge is 0.262 e. The molecule has 1 aromatic rings. The van der Waals surface area contributed by atoms with Crippen LogP contribution in [0.5, 0.6) is 0 Å². The first-order valence-corrected chi connectivity index (χ1v) is 14.6. The van der Waals surface area contributed by atoms with Crippen LogP contribution in [0, 0.1) is 6.92 Å². The zero-order valence-electron chi connectivity index (χ0n) is 19.8. The van der Waals surface area contributed by atoms with Crippen molar-refractivity contribution in [3.05, 3.63) is 55.1 Å². The van der Waals surface area contributed by atoms with Crippen molar-refractivity contribution in [3.63, 3.8) is 0 Å². The van der Waals surface area contributed by atoms with Crippen molar-refractivity contribution in [2.45, 2.75) is 81.9 Å². The number of nitrogens with one attached hydrogen (secondary N) is 1. The lowest BCUT2D eigenvalue weighted by Gasteiger charge is -2.49. The van der Waals surface area contributed by atoms with Crippen molar-refractivity contribution in [2.24, 2.45) is 4.99 Å². The van der Waals surface area contributed by atoms with Gasteiger partial charge >= 0.3 is 0 Å². The number of hydrogen-bond donors (Lipinski definition) is 1. The number of aliphatic imine (C=N–C) groups is 1. The van der Waals surface area contributed by atoms with Gasteiger partial charge in [0.25, 0.3) is 10.0 Å². The summed E-state index contributed by atoms with van der Waals surface area (Å²) in [5.41, 5.74) is 2.42. The van der Waals surface area contributed by atoms with Gasteiger partial charge in [0, 0.05) is 5.54 Å². The summed E-state index contributed by atoms with van der Waals surface area (Å²) in [5, 5.41) is 0. The van der Waals surface area contributed by atoms with Gasteiger partial charge in [-0.3, -0.25) is 9.71 Å². The lowest BCUT2D eigenvalue weighted by Crippen LogP contribution is -2.54. The van der Waals surface area contributed by atoms with Gasteiger partial charge in [-0.05, 0) is 42.1 Å². The van der Waals surface area contributed by atoms with Crippen molar-refractivity contribution in [2.75, 3.05) is 6.54 Å². The van der Waals surface area contributed by atoms with E-state index in [1.807, 2.05) is 25.1 Å². The second-order valence-corrected chi connectivity index (χ2v) is 16.8. The summed E-state index contributed by atoms with van der Waals surface area (Å²) in [7, 11) is -5.80. The summed E-state index contributed by atoms with van der Waals surface area (Å²) >= 11 is 0. The molecule has 6 heteroatoms. The third-order valence-corrected chi connectivity index (χ3v) is 15.4. The Morgan fingerprint density at radius 1 is 1.00 bits per heavy atom. The number of amidine groups is 1. The summed E-state index contributed by atoms with van der Waals surface area (Å²) in [6.45, 7) is 23.8. The molecule has 1 rings (SSSR count). The average Bonchev–Trinajstić information content (AvgIpc) is 2.64. The fraction of sp³-hybridized carbons (Fsp3) is 0.542. The van der Waals surface area contributed by atoms with Crippen LogP contribution in [0.2, 0.25) is 22.2 Å². The summed E-state index contributed by atoms with van der Waals surface area (Å²) in [4.78, 5) is 4.95. The summed E-state index contributed by atoms with van der Waals surface area (Å²) in [5.74, 6) is 0.554. The molecule has 4 nitrogen and oxygen atoms in total. The van der Waals surface area contributed by atoms with Gasteiger partial charge in [-0.1, -0.05) is 71.4 Å². The van der Waals surface area contributed by atoms with E-state index in [2.05, 4.69) is 59.4 Å². The van der Waals surface area contributed by atoms with E-state index in [1.165, 1.54) is 0 Å². The molecular weight excluding hydrogens is 408 g/mol. The maximum atomic E-state index is 13.2. The van der Waals surface area contributed by atoms with E-state index >= 15 is 0 Å². The van der Waals surface area contributed by atoms with Gasteiger partial charge in [-0.25, -0.2) is 8.42 Å². The van der Waals surface area contributed by atoms with E-state index in [0.717, 1.165) is 5.56 Å². The molecule has 0 aliphatic rings. The number of sulfonamides is 1. The molecule has 0 aliphatic carbocycles. The SMILES string of the molecule is C=CCN=C(NS(=O)(=O)c1ccc(C)cc1)C(CC=C)[Si](C(C)C)(C(C)C)C(C)C. The maximum Gasteiger partial charge on any atom is 0.262 e. The molecule has 168 valence electrons. The maximum absolute atomic E-state index is 13.2. The Kier molecular flexibility index (Phi) is 9.75. The highest BCUT2D eigenvalue weighted by atomic mass is 32.2. The zero-order valence-corrected chi connectivity index (χ0v) is 21.6. The van der Waals surface area contributed by atoms with Crippen molar-refractivity contribution in [1.29, 1.82) is 0 Å². The molecule has 0 radical (unpaired) electrons. The number of hydrogen-bond acceptors (Lipinski definition) is 3. The number of rotatable bonds is 11. The van der Waals surface area contributed by atoms with Crippen LogP contribution in [0.4, 0.5) is 0 Å². The number of benzene rings is 1. The van der Waals surface area contributed by atoms with Gasteiger partial charge in [0.2, 0.25) is 0 Å². The highest BCUT2D eigenvalue weighted by Crippen LogP contribution is 2.51. The summed E-state index contributed by atoms with van der Waals surface area (Å²) in [6, 6.07) is 6.91. The molecule has 0 heterocycles. The molecule has 0 saturated heterocycles. The van der Waals surface area contributed by atoms with E-state index in [1.54, 1.807) is 18.2 Å². The Labute approximate surface area is 185 Å². The third-order valence-electron chi connectivity index (χ3n) is 6.30. The van der Waals surface area contributed by atoms with E-state index in [9.17, 15) is 8.42 Å². The van der Waals surface area contributed by atoms with Crippen LogP contribution in [0.25, 0.3) is 0 Å². The molecule has 0 amide bonds. The second-order valence-electron chi connectivity index (χ2n) is 8.97. The van der Waals surface area contributed by atoms with E-state index in [4.69, 9.17) is 4.99 Å². The quantitative estimate of drug-likeness (QED) is 0.182. The Morgan fingerprint density at radius 2 is 1.50 bits per heavy atom. The first-order valence-electron chi connectivity index (χ1n) is 10.8. The van der Waals surface area contributed by atoms with Crippen molar-refractivity contribution in [3.8, 4) is 0 Å². The highest BCUT2D eigenvalue weighted by Gasteiger charge is 2.50. The summed E-state index contributed by atoms with van der Waals surface area (Å²) < 4.78 is 29.3. The average molecular weight is 449 g/mol. The number of nitrogens with zero attached hydrogens (tertiary/aromatic N) is 1. The largest absolute Gasteiger partial charge is 0.268 e. The molecule has 1 atom stereocenters. The second kappa shape index (κ2) is 11.1. The first-order chi connectivity index (χ1) is 13.9. The molecule has 1 aromatic carbocycles. The minimum absolute atomic E-state index is 0.0233. The predicted octanol–water partition coefficient (Wildman–Crippen LogP) is 6.48. The molecular formula is C24H40N2O2SSi. The van der Waals surface area contributed by atoms with Crippen LogP contribution in [0.15, 0.2) is 59.5 Å². The van der Waals surface area contributed by atoms with Gasteiger partial charge in [-0.15, -0.1) is 13.2 Å². The molecule has 0 spiro atoms. The van der Waals surface area contributed by atoms with Crippen LogP contribution >= 0.6 is 0 Å². The van der Waals surface area contributed by atoms with Gasteiger partial charge in [0.1, 0.15) is 5.84 Å². The Balaban J connectivity index is 3.62. The predicted molar refractivity (Wildman–Crippen MR) is 134 cm³/mol.